The SMILES string of the molecule is O=C(O)c1nc2ccc(OCCCN3CCC(OC(c4ccccc4)c4ccccc4)CC3)nn2n1. The lowest BCUT2D eigenvalue weighted by atomic mass is 10.00. The maximum absolute atomic E-state index is 11.0. The number of rotatable bonds is 10. The van der Waals surface area contributed by atoms with Gasteiger partial charge in [-0.25, -0.2) is 4.79 Å². The van der Waals surface area contributed by atoms with Crippen molar-refractivity contribution in [3.63, 3.8) is 0 Å². The molecule has 0 unspecified atom stereocenters. The molecule has 1 aliphatic rings. The van der Waals surface area contributed by atoms with E-state index in [2.05, 4.69) is 68.6 Å². The highest BCUT2D eigenvalue weighted by Gasteiger charge is 2.24. The number of nitrogens with zero attached hydrogens (tertiary/aromatic N) is 5. The van der Waals surface area contributed by atoms with Crippen molar-refractivity contribution in [2.75, 3.05) is 26.2 Å². The van der Waals surface area contributed by atoms with Gasteiger partial charge in [0.15, 0.2) is 5.65 Å². The molecular weight excluding hydrogens is 458 g/mol. The Hall–Kier alpha value is -3.82. The number of hydrogen-bond donors (Lipinski definition) is 1. The van der Waals surface area contributed by atoms with Gasteiger partial charge in [-0.05, 0) is 36.5 Å². The smallest absolute Gasteiger partial charge is 0.375 e. The van der Waals surface area contributed by atoms with Crippen molar-refractivity contribution in [3.8, 4) is 5.88 Å². The summed E-state index contributed by atoms with van der Waals surface area (Å²) in [5, 5.41) is 17.0. The van der Waals surface area contributed by atoms with E-state index in [1.54, 1.807) is 12.1 Å². The van der Waals surface area contributed by atoms with Gasteiger partial charge in [0.2, 0.25) is 5.88 Å². The first-order valence-corrected chi connectivity index (χ1v) is 12.2. The fraction of sp³-hybridized carbons (Fsp3) is 0.333. The molecular formula is C27H29N5O4. The van der Waals surface area contributed by atoms with Gasteiger partial charge >= 0.3 is 5.97 Å². The van der Waals surface area contributed by atoms with Crippen molar-refractivity contribution in [1.82, 2.24) is 24.7 Å². The van der Waals surface area contributed by atoms with Gasteiger partial charge in [0, 0.05) is 25.7 Å². The molecule has 36 heavy (non-hydrogen) atoms. The number of benzene rings is 2. The Morgan fingerprint density at radius 1 is 0.944 bits per heavy atom. The van der Waals surface area contributed by atoms with Gasteiger partial charge in [0.05, 0.1) is 12.7 Å². The summed E-state index contributed by atoms with van der Waals surface area (Å²) in [5.74, 6) is -1.08. The maximum atomic E-state index is 11.0. The molecule has 0 amide bonds. The van der Waals surface area contributed by atoms with Crippen LogP contribution in [0.3, 0.4) is 0 Å². The summed E-state index contributed by atoms with van der Waals surface area (Å²) in [4.78, 5) is 17.3. The molecule has 3 heterocycles. The zero-order valence-electron chi connectivity index (χ0n) is 19.9. The molecule has 1 N–H and O–H groups in total. The van der Waals surface area contributed by atoms with Gasteiger partial charge in [-0.1, -0.05) is 60.7 Å². The number of piperidine rings is 1. The van der Waals surface area contributed by atoms with E-state index in [4.69, 9.17) is 14.6 Å². The lowest BCUT2D eigenvalue weighted by Gasteiger charge is -2.34. The van der Waals surface area contributed by atoms with E-state index in [0.29, 0.717) is 18.1 Å². The van der Waals surface area contributed by atoms with Gasteiger partial charge in [0.25, 0.3) is 5.82 Å². The fourth-order valence-corrected chi connectivity index (χ4v) is 4.47. The molecule has 1 aliphatic heterocycles. The number of aromatic nitrogens is 4. The van der Waals surface area contributed by atoms with Gasteiger partial charge in [0.1, 0.15) is 6.10 Å². The third-order valence-electron chi connectivity index (χ3n) is 6.31. The van der Waals surface area contributed by atoms with Crippen molar-refractivity contribution >= 4 is 11.6 Å². The molecule has 2 aromatic heterocycles. The second-order valence-electron chi connectivity index (χ2n) is 8.84. The van der Waals surface area contributed by atoms with Crippen LogP contribution < -0.4 is 4.74 Å². The number of carboxylic acid groups (broad SMARTS) is 1. The Bertz CT molecular complexity index is 1230. The second kappa shape index (κ2) is 11.3. The lowest BCUT2D eigenvalue weighted by molar-refractivity contribution is -0.0273. The van der Waals surface area contributed by atoms with E-state index in [0.717, 1.165) is 38.9 Å². The second-order valence-corrected chi connectivity index (χ2v) is 8.84. The number of fused-ring (bicyclic) bond motifs is 1. The Kier molecular flexibility index (Phi) is 7.49. The molecule has 1 fully saturated rings. The minimum absolute atomic E-state index is 0.0567. The van der Waals surface area contributed by atoms with E-state index < -0.39 is 5.97 Å². The third kappa shape index (κ3) is 5.87. The van der Waals surface area contributed by atoms with E-state index in [9.17, 15) is 4.79 Å². The average Bonchev–Trinajstić information content (AvgIpc) is 3.36. The Balaban J connectivity index is 1.08. The van der Waals surface area contributed by atoms with Crippen LogP contribution in [0, 0.1) is 0 Å². The first kappa shape index (κ1) is 23.9. The topological polar surface area (TPSA) is 102 Å². The highest BCUT2D eigenvalue weighted by atomic mass is 16.5. The number of ether oxygens (including phenoxy) is 2. The van der Waals surface area contributed by atoms with Crippen molar-refractivity contribution in [2.24, 2.45) is 0 Å². The van der Waals surface area contributed by atoms with Crippen LogP contribution in [0.15, 0.2) is 72.8 Å². The molecule has 0 bridgehead atoms. The molecule has 5 rings (SSSR count). The molecule has 9 nitrogen and oxygen atoms in total. The number of carboxylic acids is 1. The monoisotopic (exact) mass is 487 g/mol. The van der Waals surface area contributed by atoms with Crippen LogP contribution in [-0.2, 0) is 4.74 Å². The zero-order valence-corrected chi connectivity index (χ0v) is 19.9. The fourth-order valence-electron chi connectivity index (χ4n) is 4.47. The van der Waals surface area contributed by atoms with Crippen LogP contribution in [0.25, 0.3) is 5.65 Å². The van der Waals surface area contributed by atoms with Gasteiger partial charge < -0.3 is 19.5 Å². The van der Waals surface area contributed by atoms with Crippen molar-refractivity contribution in [1.29, 1.82) is 0 Å². The van der Waals surface area contributed by atoms with E-state index in [1.807, 2.05) is 12.1 Å². The van der Waals surface area contributed by atoms with Crippen LogP contribution in [-0.4, -0.2) is 68.1 Å². The van der Waals surface area contributed by atoms with Crippen molar-refractivity contribution in [2.45, 2.75) is 31.5 Å². The molecule has 0 atom stereocenters. The first-order valence-electron chi connectivity index (χ1n) is 12.2. The maximum Gasteiger partial charge on any atom is 0.375 e. The standard InChI is InChI=1S/C27H29N5O4/c33-27(34)26-28-23-12-13-24(29-32(23)30-26)35-19-7-16-31-17-14-22(15-18-31)36-25(20-8-3-1-4-9-20)21-10-5-2-6-11-21/h1-6,8-13,22,25H,7,14-19H2,(H,33,34). The van der Waals surface area contributed by atoms with Crippen LogP contribution in [0.4, 0.5) is 0 Å². The summed E-state index contributed by atoms with van der Waals surface area (Å²) in [6.45, 7) is 3.42. The van der Waals surface area contributed by atoms with Gasteiger partial charge in [-0.2, -0.15) is 4.98 Å². The van der Waals surface area contributed by atoms with Crippen LogP contribution >= 0.6 is 0 Å². The summed E-state index contributed by atoms with van der Waals surface area (Å²) in [5.41, 5.74) is 2.73. The molecule has 4 aromatic rings. The summed E-state index contributed by atoms with van der Waals surface area (Å²) in [7, 11) is 0. The predicted molar refractivity (Wildman–Crippen MR) is 133 cm³/mol. The molecule has 0 aliphatic carbocycles. The predicted octanol–water partition coefficient (Wildman–Crippen LogP) is 3.86. The molecule has 0 radical (unpaired) electrons. The summed E-state index contributed by atoms with van der Waals surface area (Å²) in [6, 6.07) is 24.2. The molecule has 0 saturated carbocycles. The minimum Gasteiger partial charge on any atom is -0.477 e. The van der Waals surface area contributed by atoms with Gasteiger partial charge in [-0.3, -0.25) is 0 Å². The summed E-state index contributed by atoms with van der Waals surface area (Å²) in [6.07, 6.45) is 3.01. The number of carbonyl (C=O) groups is 1. The Labute approximate surface area is 209 Å². The van der Waals surface area contributed by atoms with Crippen LogP contribution in [0.5, 0.6) is 5.88 Å². The summed E-state index contributed by atoms with van der Waals surface area (Å²) < 4.78 is 13.6. The molecule has 2 aromatic carbocycles. The normalized spacial score (nSPS) is 14.9. The Morgan fingerprint density at radius 3 is 2.25 bits per heavy atom. The quantitative estimate of drug-likeness (QED) is 0.337. The minimum atomic E-state index is -1.19. The summed E-state index contributed by atoms with van der Waals surface area (Å²) >= 11 is 0. The van der Waals surface area contributed by atoms with Gasteiger partial charge in [-0.15, -0.1) is 14.8 Å². The zero-order chi connectivity index (χ0) is 24.7. The average molecular weight is 488 g/mol. The first-order chi connectivity index (χ1) is 17.7. The van der Waals surface area contributed by atoms with E-state index in [1.165, 1.54) is 15.8 Å². The molecule has 1 saturated heterocycles. The third-order valence-corrected chi connectivity index (χ3v) is 6.31. The van der Waals surface area contributed by atoms with Crippen molar-refractivity contribution in [3.05, 3.63) is 89.7 Å². The van der Waals surface area contributed by atoms with E-state index in [-0.39, 0.29) is 18.0 Å². The highest BCUT2D eigenvalue weighted by Crippen LogP contribution is 2.30. The highest BCUT2D eigenvalue weighted by molar-refractivity contribution is 5.83. The molecule has 186 valence electrons. The molecule has 0 spiro atoms. The Morgan fingerprint density at radius 2 is 1.61 bits per heavy atom. The number of likely N-dealkylation sites (tertiary alicyclic amines) is 1. The van der Waals surface area contributed by atoms with Crippen LogP contribution in [0.2, 0.25) is 0 Å². The van der Waals surface area contributed by atoms with E-state index >= 15 is 0 Å². The van der Waals surface area contributed by atoms with Crippen molar-refractivity contribution < 1.29 is 19.4 Å². The lowest BCUT2D eigenvalue weighted by Crippen LogP contribution is -2.38. The largest absolute Gasteiger partial charge is 0.477 e. The number of hydrogen-bond acceptors (Lipinski definition) is 7. The molecule has 9 heteroatoms. The van der Waals surface area contributed by atoms with Crippen LogP contribution in [0.1, 0.15) is 47.1 Å². The number of aromatic carboxylic acids is 1.